The molecule has 2 nitrogen and oxygen atoms in total. The molecule has 1 heterocycles. The molecule has 0 bridgehead atoms. The summed E-state index contributed by atoms with van der Waals surface area (Å²) in [7, 11) is 0. The summed E-state index contributed by atoms with van der Waals surface area (Å²) in [5, 5.41) is 1.86. The standard InChI is InChI=1S/C16H15Cl3N2/c17-12-6-4-7-13(18)11(12)9-15-20-14-8-3-1-2-5-10(14)16(19)21-15/h4,6-7H,1-3,5,8-9H2. The van der Waals surface area contributed by atoms with Gasteiger partial charge in [-0.15, -0.1) is 0 Å². The van der Waals surface area contributed by atoms with E-state index >= 15 is 0 Å². The molecule has 0 atom stereocenters. The minimum Gasteiger partial charge on any atom is -0.237 e. The number of fused-ring (bicyclic) bond motifs is 1. The Hall–Kier alpha value is -0.830. The lowest BCUT2D eigenvalue weighted by atomic mass is 10.1. The van der Waals surface area contributed by atoms with Gasteiger partial charge in [0.15, 0.2) is 0 Å². The van der Waals surface area contributed by atoms with Gasteiger partial charge in [-0.3, -0.25) is 0 Å². The summed E-state index contributed by atoms with van der Waals surface area (Å²) >= 11 is 18.8. The summed E-state index contributed by atoms with van der Waals surface area (Å²) < 4.78 is 0. The first-order chi connectivity index (χ1) is 10.1. The molecule has 0 fully saturated rings. The van der Waals surface area contributed by atoms with E-state index in [-0.39, 0.29) is 0 Å². The molecule has 0 spiro atoms. The summed E-state index contributed by atoms with van der Waals surface area (Å²) in [6.45, 7) is 0. The summed E-state index contributed by atoms with van der Waals surface area (Å²) in [5.41, 5.74) is 3.05. The van der Waals surface area contributed by atoms with Crippen LogP contribution in [0.5, 0.6) is 0 Å². The smallest absolute Gasteiger partial charge is 0.136 e. The summed E-state index contributed by atoms with van der Waals surface area (Å²) in [4.78, 5) is 9.14. The van der Waals surface area contributed by atoms with Crippen molar-refractivity contribution in [3.05, 3.63) is 56.0 Å². The molecule has 1 aliphatic carbocycles. The third kappa shape index (κ3) is 3.33. The van der Waals surface area contributed by atoms with E-state index in [9.17, 15) is 0 Å². The Labute approximate surface area is 139 Å². The van der Waals surface area contributed by atoms with Crippen molar-refractivity contribution >= 4 is 34.8 Å². The van der Waals surface area contributed by atoms with Crippen LogP contribution in [0, 0.1) is 0 Å². The molecule has 1 aromatic heterocycles. The Bertz CT molecular complexity index is 651. The minimum atomic E-state index is 0.505. The van der Waals surface area contributed by atoms with Gasteiger partial charge in [-0.25, -0.2) is 9.97 Å². The highest BCUT2D eigenvalue weighted by Gasteiger charge is 2.17. The number of rotatable bonds is 2. The van der Waals surface area contributed by atoms with Crippen LogP contribution in [0.4, 0.5) is 0 Å². The van der Waals surface area contributed by atoms with E-state index in [1.165, 1.54) is 6.42 Å². The van der Waals surface area contributed by atoms with Gasteiger partial charge in [0.1, 0.15) is 11.0 Å². The Balaban J connectivity index is 1.97. The fraction of sp³-hybridized carbons (Fsp3) is 0.375. The lowest BCUT2D eigenvalue weighted by Gasteiger charge is -2.11. The largest absolute Gasteiger partial charge is 0.237 e. The predicted octanol–water partition coefficient (Wildman–Crippen LogP) is 5.30. The van der Waals surface area contributed by atoms with Crippen molar-refractivity contribution in [2.24, 2.45) is 0 Å². The first kappa shape index (κ1) is 15.1. The number of nitrogens with zero attached hydrogens (tertiary/aromatic N) is 2. The number of aromatic nitrogens is 2. The van der Waals surface area contributed by atoms with Gasteiger partial charge < -0.3 is 0 Å². The third-order valence-corrected chi connectivity index (χ3v) is 4.85. The maximum Gasteiger partial charge on any atom is 0.136 e. The van der Waals surface area contributed by atoms with Crippen molar-refractivity contribution in [1.29, 1.82) is 0 Å². The van der Waals surface area contributed by atoms with Gasteiger partial charge in [0.25, 0.3) is 0 Å². The second-order valence-corrected chi connectivity index (χ2v) is 6.47. The summed E-state index contributed by atoms with van der Waals surface area (Å²) in [5.74, 6) is 0.690. The van der Waals surface area contributed by atoms with Gasteiger partial charge in [0.2, 0.25) is 0 Å². The number of benzene rings is 1. The molecule has 110 valence electrons. The van der Waals surface area contributed by atoms with E-state index in [0.717, 1.165) is 42.5 Å². The highest BCUT2D eigenvalue weighted by atomic mass is 35.5. The van der Waals surface area contributed by atoms with E-state index in [2.05, 4.69) is 4.98 Å². The van der Waals surface area contributed by atoms with Gasteiger partial charge >= 0.3 is 0 Å². The van der Waals surface area contributed by atoms with E-state index in [1.54, 1.807) is 0 Å². The molecule has 5 heteroatoms. The van der Waals surface area contributed by atoms with Gasteiger partial charge in [-0.05, 0) is 43.4 Å². The molecular weight excluding hydrogens is 327 g/mol. The molecule has 0 amide bonds. The maximum absolute atomic E-state index is 6.35. The highest BCUT2D eigenvalue weighted by Crippen LogP contribution is 2.28. The zero-order chi connectivity index (χ0) is 14.8. The molecule has 0 aliphatic heterocycles. The van der Waals surface area contributed by atoms with Gasteiger partial charge in [0.05, 0.1) is 0 Å². The van der Waals surface area contributed by atoms with Crippen molar-refractivity contribution in [1.82, 2.24) is 9.97 Å². The zero-order valence-electron chi connectivity index (χ0n) is 11.5. The molecule has 0 saturated carbocycles. The monoisotopic (exact) mass is 340 g/mol. The van der Waals surface area contributed by atoms with Crippen molar-refractivity contribution in [3.8, 4) is 0 Å². The first-order valence-electron chi connectivity index (χ1n) is 7.12. The first-order valence-corrected chi connectivity index (χ1v) is 8.25. The average molecular weight is 342 g/mol. The van der Waals surface area contributed by atoms with Crippen LogP contribution >= 0.6 is 34.8 Å². The van der Waals surface area contributed by atoms with Crippen LogP contribution in [0.1, 0.15) is 41.9 Å². The molecule has 3 rings (SSSR count). The fourth-order valence-corrected chi connectivity index (χ4v) is 3.54. The number of aryl methyl sites for hydroxylation is 1. The van der Waals surface area contributed by atoms with Crippen molar-refractivity contribution in [3.63, 3.8) is 0 Å². The van der Waals surface area contributed by atoms with Crippen LogP contribution in [0.3, 0.4) is 0 Å². The van der Waals surface area contributed by atoms with Crippen molar-refractivity contribution in [2.75, 3.05) is 0 Å². The number of halogens is 3. The minimum absolute atomic E-state index is 0.505. The van der Waals surface area contributed by atoms with Crippen LogP contribution in [0.15, 0.2) is 18.2 Å². The third-order valence-electron chi connectivity index (χ3n) is 3.83. The highest BCUT2D eigenvalue weighted by molar-refractivity contribution is 6.36. The van der Waals surface area contributed by atoms with Crippen LogP contribution in [-0.2, 0) is 19.3 Å². The topological polar surface area (TPSA) is 25.8 Å². The molecule has 0 unspecified atom stereocenters. The van der Waals surface area contributed by atoms with E-state index < -0.39 is 0 Å². The number of hydrogen-bond acceptors (Lipinski definition) is 2. The lowest BCUT2D eigenvalue weighted by molar-refractivity contribution is 0.708. The lowest BCUT2D eigenvalue weighted by Crippen LogP contribution is -2.06. The van der Waals surface area contributed by atoms with Crippen molar-refractivity contribution in [2.45, 2.75) is 38.5 Å². The quantitative estimate of drug-likeness (QED) is 0.547. The van der Waals surface area contributed by atoms with Gasteiger partial charge in [0, 0.05) is 27.7 Å². The summed E-state index contributed by atoms with van der Waals surface area (Å²) in [6.07, 6.45) is 5.99. The second kappa shape index (κ2) is 6.51. The zero-order valence-corrected chi connectivity index (χ0v) is 13.8. The Morgan fingerprint density at radius 3 is 2.38 bits per heavy atom. The van der Waals surface area contributed by atoms with E-state index in [0.29, 0.717) is 27.4 Å². The maximum atomic E-state index is 6.35. The average Bonchev–Trinajstić information content (AvgIpc) is 2.69. The van der Waals surface area contributed by atoms with Gasteiger partial charge in [-0.1, -0.05) is 47.3 Å². The number of hydrogen-bond donors (Lipinski definition) is 0. The molecule has 0 N–H and O–H groups in total. The molecule has 0 radical (unpaired) electrons. The van der Waals surface area contributed by atoms with E-state index in [1.807, 2.05) is 18.2 Å². The molecule has 21 heavy (non-hydrogen) atoms. The SMILES string of the molecule is Clc1cccc(Cl)c1Cc1nc(Cl)c2c(n1)CCCCC2. The second-order valence-electron chi connectivity index (χ2n) is 5.29. The molecule has 1 aromatic carbocycles. The fourth-order valence-electron chi connectivity index (χ4n) is 2.71. The molecule has 2 aromatic rings. The molecule has 0 saturated heterocycles. The molecular formula is C16H15Cl3N2. The van der Waals surface area contributed by atoms with Crippen LogP contribution in [0.25, 0.3) is 0 Å². The summed E-state index contributed by atoms with van der Waals surface area (Å²) in [6, 6.07) is 5.49. The van der Waals surface area contributed by atoms with Crippen LogP contribution in [0.2, 0.25) is 15.2 Å². The van der Waals surface area contributed by atoms with Gasteiger partial charge in [-0.2, -0.15) is 0 Å². The Morgan fingerprint density at radius 1 is 0.905 bits per heavy atom. The normalized spacial score (nSPS) is 14.6. The Kier molecular flexibility index (Phi) is 4.68. The van der Waals surface area contributed by atoms with Crippen LogP contribution in [-0.4, -0.2) is 9.97 Å². The predicted molar refractivity (Wildman–Crippen MR) is 87.6 cm³/mol. The van der Waals surface area contributed by atoms with E-state index in [4.69, 9.17) is 39.8 Å². The van der Waals surface area contributed by atoms with Crippen LogP contribution < -0.4 is 0 Å². The Morgan fingerprint density at radius 2 is 1.62 bits per heavy atom. The molecule has 1 aliphatic rings. The van der Waals surface area contributed by atoms with Crippen molar-refractivity contribution < 1.29 is 0 Å².